The zero-order chi connectivity index (χ0) is 13.5. The fraction of sp³-hybridized carbons (Fsp3) is 0.833. The van der Waals surface area contributed by atoms with E-state index in [9.17, 15) is 9.59 Å². The van der Waals surface area contributed by atoms with Crippen molar-refractivity contribution in [2.24, 2.45) is 5.92 Å². The van der Waals surface area contributed by atoms with Crippen molar-refractivity contribution in [3.8, 4) is 0 Å². The average Bonchev–Trinajstić information content (AvgIpc) is 2.36. The van der Waals surface area contributed by atoms with Gasteiger partial charge in [-0.05, 0) is 25.5 Å². The molecule has 2 amide bonds. The summed E-state index contributed by atoms with van der Waals surface area (Å²) in [6.07, 6.45) is 1.43. The Hall–Kier alpha value is -0.910. The maximum atomic E-state index is 12.0. The van der Waals surface area contributed by atoms with Crippen LogP contribution in [0.4, 0.5) is 4.79 Å². The Balaban J connectivity index is 2.38. The van der Waals surface area contributed by atoms with Crippen LogP contribution >= 0.6 is 11.8 Å². The Bertz CT molecular complexity index is 299. The number of carboxylic acids is 1. The minimum absolute atomic E-state index is 0.118. The molecule has 0 aromatic carbocycles. The summed E-state index contributed by atoms with van der Waals surface area (Å²) in [5.74, 6) is 0.704. The van der Waals surface area contributed by atoms with E-state index in [0.717, 1.165) is 17.9 Å². The van der Waals surface area contributed by atoms with Crippen molar-refractivity contribution in [1.29, 1.82) is 0 Å². The highest BCUT2D eigenvalue weighted by molar-refractivity contribution is 7.99. The third kappa shape index (κ3) is 4.76. The van der Waals surface area contributed by atoms with Gasteiger partial charge in [-0.25, -0.2) is 4.79 Å². The van der Waals surface area contributed by atoms with Crippen molar-refractivity contribution in [3.63, 3.8) is 0 Å². The van der Waals surface area contributed by atoms with Gasteiger partial charge in [-0.15, -0.1) is 0 Å². The molecule has 0 bridgehead atoms. The quantitative estimate of drug-likeness (QED) is 0.799. The molecule has 1 aliphatic heterocycles. The van der Waals surface area contributed by atoms with Crippen molar-refractivity contribution in [1.82, 2.24) is 10.2 Å². The van der Waals surface area contributed by atoms with Gasteiger partial charge in [-0.2, -0.15) is 11.8 Å². The van der Waals surface area contributed by atoms with Crippen molar-refractivity contribution in [3.05, 3.63) is 0 Å². The van der Waals surface area contributed by atoms with Crippen LogP contribution in [0.5, 0.6) is 0 Å². The van der Waals surface area contributed by atoms with E-state index >= 15 is 0 Å². The summed E-state index contributed by atoms with van der Waals surface area (Å²) in [6.45, 7) is 5.04. The number of nitrogens with one attached hydrogen (secondary N) is 1. The smallest absolute Gasteiger partial charge is 0.317 e. The molecule has 0 radical (unpaired) electrons. The maximum Gasteiger partial charge on any atom is 0.317 e. The molecule has 18 heavy (non-hydrogen) atoms. The number of hydrogen-bond acceptors (Lipinski definition) is 3. The van der Waals surface area contributed by atoms with Gasteiger partial charge in [-0.3, -0.25) is 4.79 Å². The number of amides is 2. The number of hydrogen-bond donors (Lipinski definition) is 2. The molecule has 0 aromatic heterocycles. The summed E-state index contributed by atoms with van der Waals surface area (Å²) < 4.78 is 0. The molecule has 1 aliphatic rings. The van der Waals surface area contributed by atoms with Gasteiger partial charge < -0.3 is 15.3 Å². The Labute approximate surface area is 112 Å². The number of nitrogens with zero attached hydrogens (tertiary/aromatic N) is 1. The van der Waals surface area contributed by atoms with Gasteiger partial charge in [0.1, 0.15) is 0 Å². The zero-order valence-corrected chi connectivity index (χ0v) is 11.8. The van der Waals surface area contributed by atoms with Gasteiger partial charge in [0.05, 0.1) is 5.92 Å². The van der Waals surface area contributed by atoms with Crippen molar-refractivity contribution < 1.29 is 14.7 Å². The first-order valence-corrected chi connectivity index (χ1v) is 7.56. The molecule has 1 fully saturated rings. The summed E-state index contributed by atoms with van der Waals surface area (Å²) in [5.41, 5.74) is 0. The Morgan fingerprint density at radius 2 is 2.28 bits per heavy atom. The molecule has 2 atom stereocenters. The summed E-state index contributed by atoms with van der Waals surface area (Å²) in [7, 11) is 0. The number of likely N-dealkylation sites (tertiary alicyclic amines) is 1. The lowest BCUT2D eigenvalue weighted by Gasteiger charge is -2.31. The molecule has 1 rings (SSSR count). The summed E-state index contributed by atoms with van der Waals surface area (Å²) in [5, 5.41) is 11.9. The maximum absolute atomic E-state index is 12.0. The number of piperidine rings is 1. The van der Waals surface area contributed by atoms with Crippen LogP contribution in [0.15, 0.2) is 0 Å². The van der Waals surface area contributed by atoms with Crippen molar-refractivity contribution in [2.75, 3.05) is 24.6 Å². The largest absolute Gasteiger partial charge is 0.481 e. The number of carbonyl (C=O) groups is 2. The zero-order valence-electron chi connectivity index (χ0n) is 11.0. The van der Waals surface area contributed by atoms with Crippen LogP contribution in [0.25, 0.3) is 0 Å². The van der Waals surface area contributed by atoms with Crippen LogP contribution < -0.4 is 5.32 Å². The monoisotopic (exact) mass is 274 g/mol. The molecule has 2 unspecified atom stereocenters. The van der Waals surface area contributed by atoms with Crippen molar-refractivity contribution >= 4 is 23.8 Å². The SMILES string of the molecule is CCSCC(C)NC(=O)N1CCCC(C(=O)O)C1. The second-order valence-electron chi connectivity index (χ2n) is 4.63. The molecule has 104 valence electrons. The summed E-state index contributed by atoms with van der Waals surface area (Å²) >= 11 is 1.78. The first kappa shape index (κ1) is 15.1. The van der Waals surface area contributed by atoms with E-state index in [1.807, 2.05) is 6.92 Å². The number of carbonyl (C=O) groups excluding carboxylic acids is 1. The number of aliphatic carboxylic acids is 1. The van der Waals surface area contributed by atoms with Gasteiger partial charge in [0, 0.05) is 24.9 Å². The van der Waals surface area contributed by atoms with Gasteiger partial charge in [0.15, 0.2) is 0 Å². The van der Waals surface area contributed by atoms with Crippen LogP contribution in [-0.4, -0.2) is 52.6 Å². The molecular formula is C12H22N2O3S. The summed E-state index contributed by atoms with van der Waals surface area (Å²) in [4.78, 5) is 24.5. The normalized spacial score (nSPS) is 21.4. The Morgan fingerprint density at radius 1 is 1.56 bits per heavy atom. The van der Waals surface area contributed by atoms with Crippen LogP contribution in [0, 0.1) is 5.92 Å². The predicted molar refractivity (Wildman–Crippen MR) is 72.9 cm³/mol. The number of thioether (sulfide) groups is 1. The molecule has 0 aliphatic carbocycles. The van der Waals surface area contributed by atoms with Gasteiger partial charge in [0.2, 0.25) is 0 Å². The van der Waals surface area contributed by atoms with Gasteiger partial charge in [0.25, 0.3) is 0 Å². The molecular weight excluding hydrogens is 252 g/mol. The highest BCUT2D eigenvalue weighted by Crippen LogP contribution is 2.16. The van der Waals surface area contributed by atoms with Gasteiger partial charge >= 0.3 is 12.0 Å². The van der Waals surface area contributed by atoms with Crippen LogP contribution in [0.2, 0.25) is 0 Å². The topological polar surface area (TPSA) is 69.6 Å². The summed E-state index contributed by atoms with van der Waals surface area (Å²) in [6, 6.07) is -0.0159. The second-order valence-corrected chi connectivity index (χ2v) is 5.95. The molecule has 0 saturated carbocycles. The van der Waals surface area contributed by atoms with Crippen molar-refractivity contribution in [2.45, 2.75) is 32.7 Å². The van der Waals surface area contributed by atoms with E-state index in [2.05, 4.69) is 12.2 Å². The third-order valence-corrected chi connectivity index (χ3v) is 4.14. The van der Waals surface area contributed by atoms with E-state index in [-0.39, 0.29) is 12.1 Å². The standard InChI is InChI=1S/C12H22N2O3S/c1-3-18-8-9(2)13-12(17)14-6-4-5-10(7-14)11(15)16/h9-10H,3-8H2,1-2H3,(H,13,17)(H,15,16). The Morgan fingerprint density at radius 3 is 2.89 bits per heavy atom. The lowest BCUT2D eigenvalue weighted by Crippen LogP contribution is -2.49. The average molecular weight is 274 g/mol. The fourth-order valence-electron chi connectivity index (χ4n) is 2.00. The second kappa shape index (κ2) is 7.51. The molecule has 6 heteroatoms. The molecule has 5 nitrogen and oxygen atoms in total. The predicted octanol–water partition coefficient (Wildman–Crippen LogP) is 1.63. The van der Waals surface area contributed by atoms with Crippen LogP contribution in [-0.2, 0) is 4.79 Å². The van der Waals surface area contributed by atoms with E-state index in [0.29, 0.717) is 19.5 Å². The van der Waals surface area contributed by atoms with E-state index in [4.69, 9.17) is 5.11 Å². The molecule has 1 saturated heterocycles. The number of urea groups is 1. The lowest BCUT2D eigenvalue weighted by atomic mass is 9.99. The Kier molecular flexibility index (Phi) is 6.32. The van der Waals surface area contributed by atoms with Crippen LogP contribution in [0.3, 0.4) is 0 Å². The highest BCUT2D eigenvalue weighted by atomic mass is 32.2. The molecule has 1 heterocycles. The number of rotatable bonds is 5. The molecule has 2 N–H and O–H groups in total. The fourth-order valence-corrected chi connectivity index (χ4v) is 2.67. The minimum atomic E-state index is -0.804. The first-order valence-electron chi connectivity index (χ1n) is 6.40. The van der Waals surface area contributed by atoms with E-state index < -0.39 is 11.9 Å². The first-order chi connectivity index (χ1) is 8.54. The van der Waals surface area contributed by atoms with Gasteiger partial charge in [-0.1, -0.05) is 6.92 Å². The van der Waals surface area contributed by atoms with E-state index in [1.165, 1.54) is 0 Å². The number of carboxylic acid groups (broad SMARTS) is 1. The third-order valence-electron chi connectivity index (χ3n) is 3.00. The lowest BCUT2D eigenvalue weighted by molar-refractivity contribution is -0.143. The highest BCUT2D eigenvalue weighted by Gasteiger charge is 2.28. The van der Waals surface area contributed by atoms with Crippen LogP contribution in [0.1, 0.15) is 26.7 Å². The molecule has 0 aromatic rings. The minimum Gasteiger partial charge on any atom is -0.481 e. The van der Waals surface area contributed by atoms with E-state index in [1.54, 1.807) is 16.7 Å². The molecule has 0 spiro atoms.